The van der Waals surface area contributed by atoms with E-state index in [0.29, 0.717) is 23.9 Å². The van der Waals surface area contributed by atoms with Crippen LogP contribution in [0.5, 0.6) is 5.75 Å². The molecule has 5 nitrogen and oxygen atoms in total. The molecule has 28 heavy (non-hydrogen) atoms. The number of halogens is 1. The van der Waals surface area contributed by atoms with Crippen molar-refractivity contribution in [3.05, 3.63) is 64.7 Å². The van der Waals surface area contributed by atoms with Gasteiger partial charge < -0.3 is 15.0 Å². The summed E-state index contributed by atoms with van der Waals surface area (Å²) in [5.41, 5.74) is 1.75. The molecular weight excluding hydrogens is 376 g/mol. The number of nitrogens with zero attached hydrogens (tertiary/aromatic N) is 1. The van der Waals surface area contributed by atoms with Crippen LogP contribution in [0.15, 0.2) is 48.5 Å². The second-order valence-electron chi connectivity index (χ2n) is 6.64. The molecule has 0 aliphatic rings. The normalized spacial score (nSPS) is 11.6. The van der Waals surface area contributed by atoms with Crippen molar-refractivity contribution in [3.8, 4) is 5.75 Å². The predicted octanol–water partition coefficient (Wildman–Crippen LogP) is 3.83. The summed E-state index contributed by atoms with van der Waals surface area (Å²) < 4.78 is 5.27. The van der Waals surface area contributed by atoms with E-state index in [9.17, 15) is 9.59 Å². The van der Waals surface area contributed by atoms with E-state index in [1.54, 1.807) is 31.1 Å². The van der Waals surface area contributed by atoms with Crippen LogP contribution in [0.1, 0.15) is 31.4 Å². The molecule has 0 heterocycles. The Morgan fingerprint density at radius 3 is 2.50 bits per heavy atom. The average Bonchev–Trinajstić information content (AvgIpc) is 2.71. The zero-order chi connectivity index (χ0) is 20.5. The van der Waals surface area contributed by atoms with Crippen LogP contribution in [-0.2, 0) is 22.6 Å². The van der Waals surface area contributed by atoms with Crippen molar-refractivity contribution in [3.63, 3.8) is 0 Å². The van der Waals surface area contributed by atoms with E-state index >= 15 is 0 Å². The van der Waals surface area contributed by atoms with E-state index in [1.807, 2.05) is 43.3 Å². The van der Waals surface area contributed by atoms with Gasteiger partial charge in [0.05, 0.1) is 13.5 Å². The molecule has 0 saturated heterocycles. The number of methoxy groups -OCH3 is 1. The van der Waals surface area contributed by atoms with Gasteiger partial charge in [0.2, 0.25) is 11.8 Å². The van der Waals surface area contributed by atoms with Crippen LogP contribution < -0.4 is 10.1 Å². The molecule has 0 saturated carbocycles. The molecule has 0 aromatic heterocycles. The highest BCUT2D eigenvalue weighted by Gasteiger charge is 2.26. The molecule has 1 atom stereocenters. The number of hydrogen-bond acceptors (Lipinski definition) is 3. The molecule has 2 aromatic rings. The van der Waals surface area contributed by atoms with Gasteiger partial charge in [0.1, 0.15) is 11.8 Å². The van der Waals surface area contributed by atoms with Gasteiger partial charge in [0.25, 0.3) is 0 Å². The van der Waals surface area contributed by atoms with Crippen LogP contribution in [-0.4, -0.2) is 36.4 Å². The van der Waals surface area contributed by atoms with Crippen molar-refractivity contribution < 1.29 is 14.3 Å². The zero-order valence-corrected chi connectivity index (χ0v) is 17.3. The smallest absolute Gasteiger partial charge is 0.242 e. The fourth-order valence-corrected chi connectivity index (χ4v) is 2.95. The Labute approximate surface area is 171 Å². The third-order valence-electron chi connectivity index (χ3n) is 4.47. The van der Waals surface area contributed by atoms with Gasteiger partial charge in [0.15, 0.2) is 0 Å². The summed E-state index contributed by atoms with van der Waals surface area (Å²) in [5, 5.41) is 3.49. The number of amides is 2. The molecule has 0 bridgehead atoms. The Bertz CT molecular complexity index is 793. The first kappa shape index (κ1) is 21.8. The quantitative estimate of drug-likeness (QED) is 0.693. The molecular formula is C22H27ClN2O3. The minimum absolute atomic E-state index is 0.121. The molecule has 6 heteroatoms. The Kier molecular flexibility index (Phi) is 8.33. The van der Waals surface area contributed by atoms with Crippen LogP contribution in [0.2, 0.25) is 5.02 Å². The summed E-state index contributed by atoms with van der Waals surface area (Å²) in [6.07, 6.45) is 1.04. The Hall–Kier alpha value is -2.53. The first-order valence-corrected chi connectivity index (χ1v) is 9.77. The highest BCUT2D eigenvalue weighted by atomic mass is 35.5. The minimum Gasteiger partial charge on any atom is -0.497 e. The summed E-state index contributed by atoms with van der Waals surface area (Å²) in [6, 6.07) is 14.1. The topological polar surface area (TPSA) is 58.6 Å². The molecule has 1 N–H and O–H groups in total. The molecule has 0 aliphatic carbocycles. The van der Waals surface area contributed by atoms with Crippen molar-refractivity contribution in [2.45, 2.75) is 39.3 Å². The maximum absolute atomic E-state index is 13.1. The maximum atomic E-state index is 13.1. The Balaban J connectivity index is 2.21. The van der Waals surface area contributed by atoms with Crippen LogP contribution in [0.3, 0.4) is 0 Å². The highest BCUT2D eigenvalue weighted by Crippen LogP contribution is 2.18. The van der Waals surface area contributed by atoms with E-state index in [2.05, 4.69) is 5.32 Å². The molecule has 2 amide bonds. The fraction of sp³-hybridized carbons (Fsp3) is 0.364. The van der Waals surface area contributed by atoms with Gasteiger partial charge in [-0.15, -0.1) is 0 Å². The minimum atomic E-state index is -0.586. The third-order valence-corrected chi connectivity index (χ3v) is 4.72. The second kappa shape index (κ2) is 10.7. The second-order valence-corrected chi connectivity index (χ2v) is 7.08. The van der Waals surface area contributed by atoms with Gasteiger partial charge in [-0.05, 0) is 48.7 Å². The van der Waals surface area contributed by atoms with E-state index in [1.165, 1.54) is 0 Å². The number of rotatable bonds is 9. The van der Waals surface area contributed by atoms with Crippen LogP contribution in [0.4, 0.5) is 0 Å². The highest BCUT2D eigenvalue weighted by molar-refractivity contribution is 6.30. The molecule has 2 aromatic carbocycles. The third kappa shape index (κ3) is 6.27. The van der Waals surface area contributed by atoms with Gasteiger partial charge in [-0.3, -0.25) is 9.59 Å². The number of ether oxygens (including phenoxy) is 1. The van der Waals surface area contributed by atoms with Crippen molar-refractivity contribution in [2.75, 3.05) is 13.7 Å². The summed E-state index contributed by atoms with van der Waals surface area (Å²) >= 11 is 5.93. The van der Waals surface area contributed by atoms with Crippen molar-refractivity contribution in [1.29, 1.82) is 0 Å². The molecule has 0 unspecified atom stereocenters. The summed E-state index contributed by atoms with van der Waals surface area (Å²) in [5.74, 6) is 0.434. The van der Waals surface area contributed by atoms with Crippen LogP contribution in [0, 0.1) is 0 Å². The van der Waals surface area contributed by atoms with Crippen LogP contribution in [0.25, 0.3) is 0 Å². The standard InChI is InChI=1S/C22H27ClN2O3/c1-4-12-24-22(27)16(2)25(15-18-6-5-7-20(13-18)28-3)21(26)14-17-8-10-19(23)11-9-17/h5-11,13,16H,4,12,14-15H2,1-3H3,(H,24,27)/t16-/m1/s1. The fourth-order valence-electron chi connectivity index (χ4n) is 2.82. The molecule has 0 fully saturated rings. The van der Waals surface area contributed by atoms with Gasteiger partial charge in [0, 0.05) is 18.1 Å². The number of benzene rings is 2. The van der Waals surface area contributed by atoms with Crippen molar-refractivity contribution in [1.82, 2.24) is 10.2 Å². The largest absolute Gasteiger partial charge is 0.497 e. The van der Waals surface area contributed by atoms with E-state index in [-0.39, 0.29) is 18.2 Å². The number of nitrogens with one attached hydrogen (secondary N) is 1. The molecule has 150 valence electrons. The average molecular weight is 403 g/mol. The van der Waals surface area contributed by atoms with Gasteiger partial charge >= 0.3 is 0 Å². The summed E-state index contributed by atoms with van der Waals surface area (Å²) in [7, 11) is 1.60. The Morgan fingerprint density at radius 2 is 1.86 bits per heavy atom. The number of carbonyl (C=O) groups excluding carboxylic acids is 2. The molecule has 0 aliphatic heterocycles. The lowest BCUT2D eigenvalue weighted by Gasteiger charge is -2.29. The van der Waals surface area contributed by atoms with E-state index < -0.39 is 6.04 Å². The lowest BCUT2D eigenvalue weighted by Crippen LogP contribution is -2.48. The van der Waals surface area contributed by atoms with Crippen LogP contribution >= 0.6 is 11.6 Å². The van der Waals surface area contributed by atoms with Gasteiger partial charge in [-0.1, -0.05) is 42.8 Å². The van der Waals surface area contributed by atoms with Gasteiger partial charge in [-0.25, -0.2) is 0 Å². The first-order valence-electron chi connectivity index (χ1n) is 9.39. The lowest BCUT2D eigenvalue weighted by atomic mass is 10.1. The van der Waals surface area contributed by atoms with E-state index in [0.717, 1.165) is 17.5 Å². The van der Waals surface area contributed by atoms with Crippen molar-refractivity contribution in [2.24, 2.45) is 0 Å². The molecule has 0 spiro atoms. The number of hydrogen-bond donors (Lipinski definition) is 1. The predicted molar refractivity (Wildman–Crippen MR) is 111 cm³/mol. The van der Waals surface area contributed by atoms with Gasteiger partial charge in [-0.2, -0.15) is 0 Å². The SMILES string of the molecule is CCCNC(=O)[C@@H](C)N(Cc1cccc(OC)c1)C(=O)Cc1ccc(Cl)cc1. The summed E-state index contributed by atoms with van der Waals surface area (Å²) in [6.45, 7) is 4.65. The lowest BCUT2D eigenvalue weighted by molar-refractivity contribution is -0.140. The van der Waals surface area contributed by atoms with Crippen molar-refractivity contribution >= 4 is 23.4 Å². The molecule has 0 radical (unpaired) electrons. The summed E-state index contributed by atoms with van der Waals surface area (Å²) in [4.78, 5) is 27.2. The number of carbonyl (C=O) groups is 2. The van der Waals surface area contributed by atoms with E-state index in [4.69, 9.17) is 16.3 Å². The monoisotopic (exact) mass is 402 g/mol. The Morgan fingerprint density at radius 1 is 1.14 bits per heavy atom. The molecule has 2 rings (SSSR count). The maximum Gasteiger partial charge on any atom is 0.242 e. The zero-order valence-electron chi connectivity index (χ0n) is 16.6. The first-order chi connectivity index (χ1) is 13.4.